The molecule has 0 saturated carbocycles. The Morgan fingerprint density at radius 3 is 1.74 bits per heavy atom. The summed E-state index contributed by atoms with van der Waals surface area (Å²) in [4.78, 5) is 11.4. The number of ketones is 1. The predicted molar refractivity (Wildman–Crippen MR) is 96.5 cm³/mol. The standard InChI is InChI=1S/C21H33FO/c1-4-6-8-10-12-19-15-18(14-17(3)23)16-20(21(19)22)13-11-9-7-5-2/h15-16H,4-14H2,1-3H3. The van der Waals surface area contributed by atoms with Crippen LogP contribution in [0.25, 0.3) is 0 Å². The molecule has 0 spiro atoms. The van der Waals surface area contributed by atoms with Crippen LogP contribution in [0.2, 0.25) is 0 Å². The summed E-state index contributed by atoms with van der Waals surface area (Å²) >= 11 is 0. The molecular weight excluding hydrogens is 287 g/mol. The summed E-state index contributed by atoms with van der Waals surface area (Å²) in [7, 11) is 0. The van der Waals surface area contributed by atoms with Gasteiger partial charge in [0.25, 0.3) is 0 Å². The van der Waals surface area contributed by atoms with E-state index in [4.69, 9.17) is 0 Å². The zero-order valence-electron chi connectivity index (χ0n) is 15.2. The largest absolute Gasteiger partial charge is 0.300 e. The van der Waals surface area contributed by atoms with Gasteiger partial charge in [0.05, 0.1) is 0 Å². The lowest BCUT2D eigenvalue weighted by Crippen LogP contribution is -2.04. The zero-order valence-corrected chi connectivity index (χ0v) is 15.2. The normalized spacial score (nSPS) is 11.0. The van der Waals surface area contributed by atoms with Gasteiger partial charge in [0.2, 0.25) is 0 Å². The monoisotopic (exact) mass is 320 g/mol. The maximum atomic E-state index is 14.7. The third-order valence-electron chi connectivity index (χ3n) is 4.34. The van der Waals surface area contributed by atoms with Gasteiger partial charge in [-0.2, -0.15) is 0 Å². The Balaban J connectivity index is 2.81. The highest BCUT2D eigenvalue weighted by Crippen LogP contribution is 2.22. The van der Waals surface area contributed by atoms with E-state index in [-0.39, 0.29) is 11.6 Å². The third-order valence-corrected chi connectivity index (χ3v) is 4.34. The van der Waals surface area contributed by atoms with Crippen LogP contribution in [0.5, 0.6) is 0 Å². The quantitative estimate of drug-likeness (QED) is 0.419. The Kier molecular flexibility index (Phi) is 9.82. The number of hydrogen-bond donors (Lipinski definition) is 0. The number of carbonyl (C=O) groups is 1. The third kappa shape index (κ3) is 7.76. The number of unbranched alkanes of at least 4 members (excludes halogenated alkanes) is 6. The van der Waals surface area contributed by atoms with Gasteiger partial charge in [0.15, 0.2) is 0 Å². The molecule has 0 atom stereocenters. The second-order valence-electron chi connectivity index (χ2n) is 6.73. The molecule has 23 heavy (non-hydrogen) atoms. The van der Waals surface area contributed by atoms with Crippen molar-refractivity contribution < 1.29 is 9.18 Å². The van der Waals surface area contributed by atoms with Crippen molar-refractivity contribution in [3.8, 4) is 0 Å². The van der Waals surface area contributed by atoms with Crippen LogP contribution in [0.15, 0.2) is 12.1 Å². The summed E-state index contributed by atoms with van der Waals surface area (Å²) in [5.41, 5.74) is 2.60. The van der Waals surface area contributed by atoms with E-state index in [1.807, 2.05) is 12.1 Å². The molecule has 0 N–H and O–H groups in total. The van der Waals surface area contributed by atoms with Crippen LogP contribution in [-0.4, -0.2) is 5.78 Å². The van der Waals surface area contributed by atoms with E-state index >= 15 is 0 Å². The van der Waals surface area contributed by atoms with Gasteiger partial charge in [0.1, 0.15) is 11.6 Å². The molecule has 0 aliphatic heterocycles. The second kappa shape index (κ2) is 11.4. The van der Waals surface area contributed by atoms with Crippen LogP contribution in [0.4, 0.5) is 4.39 Å². The molecule has 0 amide bonds. The second-order valence-corrected chi connectivity index (χ2v) is 6.73. The SMILES string of the molecule is CCCCCCc1cc(CC(C)=O)cc(CCCCCC)c1F. The van der Waals surface area contributed by atoms with Gasteiger partial charge in [-0.25, -0.2) is 4.39 Å². The maximum Gasteiger partial charge on any atom is 0.134 e. The minimum Gasteiger partial charge on any atom is -0.300 e. The van der Waals surface area contributed by atoms with E-state index in [9.17, 15) is 9.18 Å². The molecule has 0 bridgehead atoms. The number of benzene rings is 1. The molecule has 0 aliphatic carbocycles. The Hall–Kier alpha value is -1.18. The van der Waals surface area contributed by atoms with Crippen LogP contribution >= 0.6 is 0 Å². The molecule has 0 unspecified atom stereocenters. The summed E-state index contributed by atoms with van der Waals surface area (Å²) in [6.45, 7) is 5.97. The van der Waals surface area contributed by atoms with Gasteiger partial charge in [-0.1, -0.05) is 64.5 Å². The minimum atomic E-state index is -0.0229. The van der Waals surface area contributed by atoms with Gasteiger partial charge in [-0.3, -0.25) is 4.79 Å². The number of Topliss-reactive ketones (excluding diaryl/α,β-unsaturated/α-hetero) is 1. The molecular formula is C21H33FO. The lowest BCUT2D eigenvalue weighted by Gasteiger charge is -2.12. The predicted octanol–water partition coefficient (Wildman–Crippen LogP) is 6.20. The highest BCUT2D eigenvalue weighted by Gasteiger charge is 2.12. The number of rotatable bonds is 12. The highest BCUT2D eigenvalue weighted by atomic mass is 19.1. The molecule has 2 heteroatoms. The fourth-order valence-corrected chi connectivity index (χ4v) is 3.06. The van der Waals surface area contributed by atoms with E-state index in [1.54, 1.807) is 6.92 Å². The number of aryl methyl sites for hydroxylation is 2. The Bertz CT molecular complexity index is 446. The van der Waals surface area contributed by atoms with Crippen LogP contribution in [0.3, 0.4) is 0 Å². The van der Waals surface area contributed by atoms with E-state index in [1.165, 1.54) is 25.7 Å². The Morgan fingerprint density at radius 1 is 0.870 bits per heavy atom. The van der Waals surface area contributed by atoms with Crippen molar-refractivity contribution >= 4 is 5.78 Å². The molecule has 1 nitrogen and oxygen atoms in total. The zero-order chi connectivity index (χ0) is 17.1. The van der Waals surface area contributed by atoms with E-state index < -0.39 is 0 Å². The fourth-order valence-electron chi connectivity index (χ4n) is 3.06. The summed E-state index contributed by atoms with van der Waals surface area (Å²) in [5.74, 6) is 0.121. The maximum absolute atomic E-state index is 14.7. The molecule has 0 fully saturated rings. The molecule has 1 aromatic carbocycles. The Labute approximate surface area is 141 Å². The molecule has 130 valence electrons. The molecule has 0 aliphatic rings. The van der Waals surface area contributed by atoms with Crippen molar-refractivity contribution in [2.75, 3.05) is 0 Å². The first kappa shape index (κ1) is 19.9. The number of hydrogen-bond acceptors (Lipinski definition) is 1. The molecule has 1 rings (SSSR count). The van der Waals surface area contributed by atoms with Crippen molar-refractivity contribution in [3.05, 3.63) is 34.6 Å². The van der Waals surface area contributed by atoms with Gasteiger partial charge in [-0.05, 0) is 49.3 Å². The minimum absolute atomic E-state index is 0.0229. The lowest BCUT2D eigenvalue weighted by molar-refractivity contribution is -0.116. The van der Waals surface area contributed by atoms with Crippen molar-refractivity contribution in [2.45, 2.75) is 91.4 Å². The summed E-state index contributed by atoms with van der Waals surface area (Å²) in [6.07, 6.45) is 11.2. The highest BCUT2D eigenvalue weighted by molar-refractivity contribution is 5.78. The summed E-state index contributed by atoms with van der Waals surface area (Å²) < 4.78 is 14.7. The van der Waals surface area contributed by atoms with Crippen LogP contribution in [0, 0.1) is 5.82 Å². The number of halogens is 1. The summed E-state index contributed by atoms with van der Waals surface area (Å²) in [5, 5.41) is 0. The van der Waals surface area contributed by atoms with Crippen molar-refractivity contribution in [2.24, 2.45) is 0 Å². The van der Waals surface area contributed by atoms with Gasteiger partial charge < -0.3 is 0 Å². The summed E-state index contributed by atoms with van der Waals surface area (Å²) in [6, 6.07) is 3.83. The lowest BCUT2D eigenvalue weighted by atomic mass is 9.95. The van der Waals surface area contributed by atoms with Crippen molar-refractivity contribution in [3.63, 3.8) is 0 Å². The first-order chi connectivity index (χ1) is 11.1. The van der Waals surface area contributed by atoms with Crippen LogP contribution in [0.1, 0.15) is 88.8 Å². The average molecular weight is 320 g/mol. The smallest absolute Gasteiger partial charge is 0.134 e. The number of carbonyl (C=O) groups excluding carboxylic acids is 1. The first-order valence-corrected chi connectivity index (χ1v) is 9.38. The van der Waals surface area contributed by atoms with Crippen molar-refractivity contribution in [1.29, 1.82) is 0 Å². The van der Waals surface area contributed by atoms with E-state index in [0.717, 1.165) is 55.2 Å². The molecule has 0 heterocycles. The first-order valence-electron chi connectivity index (χ1n) is 9.38. The van der Waals surface area contributed by atoms with E-state index in [0.29, 0.717) is 6.42 Å². The van der Waals surface area contributed by atoms with Gasteiger partial charge >= 0.3 is 0 Å². The Morgan fingerprint density at radius 2 is 1.35 bits per heavy atom. The van der Waals surface area contributed by atoms with Gasteiger partial charge in [0, 0.05) is 6.42 Å². The molecule has 1 aromatic rings. The van der Waals surface area contributed by atoms with Crippen molar-refractivity contribution in [1.82, 2.24) is 0 Å². The fraction of sp³-hybridized carbons (Fsp3) is 0.667. The topological polar surface area (TPSA) is 17.1 Å². The molecule has 0 radical (unpaired) electrons. The molecule has 0 saturated heterocycles. The van der Waals surface area contributed by atoms with Crippen LogP contribution < -0.4 is 0 Å². The van der Waals surface area contributed by atoms with Crippen LogP contribution in [-0.2, 0) is 24.1 Å². The average Bonchev–Trinajstić information content (AvgIpc) is 2.51. The van der Waals surface area contributed by atoms with Gasteiger partial charge in [-0.15, -0.1) is 0 Å². The van der Waals surface area contributed by atoms with E-state index in [2.05, 4.69) is 13.8 Å². The molecule has 0 aromatic heterocycles.